The molecule has 1 aliphatic carbocycles. The summed E-state index contributed by atoms with van der Waals surface area (Å²) in [5.74, 6) is -0.793. The van der Waals surface area contributed by atoms with Gasteiger partial charge >= 0.3 is 12.3 Å². The van der Waals surface area contributed by atoms with Crippen LogP contribution in [0.25, 0.3) is 0 Å². The van der Waals surface area contributed by atoms with E-state index in [1.807, 2.05) is 0 Å². The van der Waals surface area contributed by atoms with Crippen LogP contribution in [-0.4, -0.2) is 35.2 Å². The summed E-state index contributed by atoms with van der Waals surface area (Å²) < 4.78 is 53.5. The fraction of sp³-hybridized carbons (Fsp3) is 0.588. The standard InChI is InChI=1S/C17H20F4N2O2/c18-14-5-4-11(17(19,20)21)9-13(14)16(6-2-7-16)23(15(24)25)10-12-3-1-8-22-12/h4-5,9,12,22H,1-3,6-8,10H2,(H,24,25)/t12-/m0/s1. The zero-order chi connectivity index (χ0) is 18.2. The van der Waals surface area contributed by atoms with E-state index >= 15 is 0 Å². The molecule has 0 unspecified atom stereocenters. The highest BCUT2D eigenvalue weighted by Crippen LogP contribution is 2.48. The van der Waals surface area contributed by atoms with Gasteiger partial charge in [0.25, 0.3) is 0 Å². The Labute approximate surface area is 142 Å². The van der Waals surface area contributed by atoms with E-state index in [9.17, 15) is 27.5 Å². The van der Waals surface area contributed by atoms with Gasteiger partial charge in [0.2, 0.25) is 0 Å². The van der Waals surface area contributed by atoms with Gasteiger partial charge in [-0.15, -0.1) is 0 Å². The number of rotatable bonds is 4. The first-order valence-electron chi connectivity index (χ1n) is 8.35. The number of amides is 1. The van der Waals surface area contributed by atoms with Gasteiger partial charge in [-0.2, -0.15) is 13.2 Å². The van der Waals surface area contributed by atoms with Gasteiger partial charge in [0, 0.05) is 18.2 Å². The number of halogens is 4. The molecule has 0 spiro atoms. The molecule has 2 N–H and O–H groups in total. The Morgan fingerprint density at radius 3 is 2.52 bits per heavy atom. The number of nitrogens with zero attached hydrogens (tertiary/aromatic N) is 1. The summed E-state index contributed by atoms with van der Waals surface area (Å²) in [6.45, 7) is 0.925. The second kappa shape index (κ2) is 6.48. The van der Waals surface area contributed by atoms with Gasteiger partial charge in [0.1, 0.15) is 5.82 Å². The second-order valence-corrected chi connectivity index (χ2v) is 6.76. The Morgan fingerprint density at radius 1 is 1.32 bits per heavy atom. The molecule has 0 bridgehead atoms. The van der Waals surface area contributed by atoms with Crippen molar-refractivity contribution >= 4 is 6.09 Å². The third kappa shape index (κ3) is 3.31. The molecule has 1 aromatic carbocycles. The van der Waals surface area contributed by atoms with Crippen molar-refractivity contribution in [3.05, 3.63) is 35.1 Å². The molecule has 1 aromatic rings. The number of hydrogen-bond acceptors (Lipinski definition) is 2. The smallest absolute Gasteiger partial charge is 0.416 e. The maximum absolute atomic E-state index is 14.4. The molecule has 1 amide bonds. The topological polar surface area (TPSA) is 52.6 Å². The highest BCUT2D eigenvalue weighted by atomic mass is 19.4. The van der Waals surface area contributed by atoms with E-state index in [0.29, 0.717) is 25.3 Å². The number of alkyl halides is 3. The van der Waals surface area contributed by atoms with Crippen LogP contribution in [0.5, 0.6) is 0 Å². The third-order valence-electron chi connectivity index (χ3n) is 5.29. The van der Waals surface area contributed by atoms with E-state index < -0.39 is 29.2 Å². The fourth-order valence-corrected chi connectivity index (χ4v) is 3.82. The SMILES string of the molecule is O=C(O)N(C[C@@H]1CCCN1)C1(c2cc(C(F)(F)F)ccc2F)CCC1. The quantitative estimate of drug-likeness (QED) is 0.800. The van der Waals surface area contributed by atoms with E-state index in [-0.39, 0.29) is 18.2 Å². The molecule has 1 saturated heterocycles. The van der Waals surface area contributed by atoms with Crippen molar-refractivity contribution in [2.45, 2.75) is 49.9 Å². The maximum atomic E-state index is 14.4. The summed E-state index contributed by atoms with van der Waals surface area (Å²) in [6.07, 6.45) is -2.82. The van der Waals surface area contributed by atoms with E-state index in [1.54, 1.807) is 0 Å². The molecule has 2 aliphatic rings. The van der Waals surface area contributed by atoms with Crippen LogP contribution in [-0.2, 0) is 11.7 Å². The Balaban J connectivity index is 1.99. The minimum Gasteiger partial charge on any atom is -0.465 e. The van der Waals surface area contributed by atoms with E-state index in [4.69, 9.17) is 0 Å². The molecular formula is C17H20F4N2O2. The van der Waals surface area contributed by atoms with Crippen LogP contribution in [0.2, 0.25) is 0 Å². The summed E-state index contributed by atoms with van der Waals surface area (Å²) in [6, 6.07) is 2.19. The minimum absolute atomic E-state index is 0.0533. The van der Waals surface area contributed by atoms with Gasteiger partial charge in [-0.25, -0.2) is 9.18 Å². The molecule has 2 fully saturated rings. The average molecular weight is 360 g/mol. The lowest BCUT2D eigenvalue weighted by Crippen LogP contribution is -2.57. The first-order valence-corrected chi connectivity index (χ1v) is 8.35. The second-order valence-electron chi connectivity index (χ2n) is 6.76. The maximum Gasteiger partial charge on any atom is 0.416 e. The number of nitrogens with one attached hydrogen (secondary N) is 1. The normalized spacial score (nSPS) is 22.5. The summed E-state index contributed by atoms with van der Waals surface area (Å²) in [5.41, 5.74) is -2.35. The van der Waals surface area contributed by atoms with Crippen molar-refractivity contribution in [3.8, 4) is 0 Å². The van der Waals surface area contributed by atoms with Gasteiger partial charge < -0.3 is 10.4 Å². The molecule has 1 saturated carbocycles. The van der Waals surface area contributed by atoms with Crippen molar-refractivity contribution in [2.75, 3.05) is 13.1 Å². The molecule has 138 valence electrons. The van der Waals surface area contributed by atoms with Crippen LogP contribution >= 0.6 is 0 Å². The Hall–Kier alpha value is -1.83. The first-order chi connectivity index (χ1) is 11.7. The van der Waals surface area contributed by atoms with Gasteiger partial charge in [-0.3, -0.25) is 4.90 Å². The van der Waals surface area contributed by atoms with Crippen molar-refractivity contribution in [2.24, 2.45) is 0 Å². The van der Waals surface area contributed by atoms with Crippen LogP contribution in [0.15, 0.2) is 18.2 Å². The molecule has 8 heteroatoms. The van der Waals surface area contributed by atoms with Crippen LogP contribution < -0.4 is 5.32 Å². The van der Waals surface area contributed by atoms with Gasteiger partial charge in [-0.1, -0.05) is 0 Å². The lowest BCUT2D eigenvalue weighted by Gasteiger charge is -2.50. The number of carbonyl (C=O) groups is 1. The highest BCUT2D eigenvalue weighted by molar-refractivity contribution is 5.67. The summed E-state index contributed by atoms with van der Waals surface area (Å²) in [4.78, 5) is 13.0. The van der Waals surface area contributed by atoms with Crippen molar-refractivity contribution in [1.29, 1.82) is 0 Å². The van der Waals surface area contributed by atoms with Gasteiger partial charge in [0.05, 0.1) is 11.1 Å². The van der Waals surface area contributed by atoms with E-state index in [2.05, 4.69) is 5.32 Å². The monoisotopic (exact) mass is 360 g/mol. The lowest BCUT2D eigenvalue weighted by molar-refractivity contribution is -0.137. The molecule has 3 rings (SSSR count). The van der Waals surface area contributed by atoms with E-state index in [0.717, 1.165) is 36.4 Å². The third-order valence-corrected chi connectivity index (χ3v) is 5.29. The predicted molar refractivity (Wildman–Crippen MR) is 82.7 cm³/mol. The van der Waals surface area contributed by atoms with Crippen molar-refractivity contribution in [1.82, 2.24) is 10.2 Å². The number of hydrogen-bond donors (Lipinski definition) is 2. The molecule has 4 nitrogen and oxygen atoms in total. The molecule has 1 heterocycles. The Kier molecular flexibility index (Phi) is 4.66. The molecular weight excluding hydrogens is 340 g/mol. The summed E-state index contributed by atoms with van der Waals surface area (Å²) in [5, 5.41) is 12.9. The Bertz CT molecular complexity index is 653. The predicted octanol–water partition coefficient (Wildman–Crippen LogP) is 3.96. The van der Waals surface area contributed by atoms with Crippen LogP contribution in [0.3, 0.4) is 0 Å². The van der Waals surface area contributed by atoms with Crippen molar-refractivity contribution < 1.29 is 27.5 Å². The number of carboxylic acid groups (broad SMARTS) is 1. The zero-order valence-electron chi connectivity index (χ0n) is 13.6. The molecule has 0 radical (unpaired) electrons. The minimum atomic E-state index is -4.60. The van der Waals surface area contributed by atoms with E-state index in [1.165, 1.54) is 0 Å². The zero-order valence-corrected chi connectivity index (χ0v) is 13.6. The van der Waals surface area contributed by atoms with Crippen LogP contribution in [0, 0.1) is 5.82 Å². The summed E-state index contributed by atoms with van der Waals surface area (Å²) >= 11 is 0. The molecule has 1 aliphatic heterocycles. The first kappa shape index (κ1) is 18.0. The highest BCUT2D eigenvalue weighted by Gasteiger charge is 2.49. The lowest BCUT2D eigenvalue weighted by atomic mass is 9.70. The van der Waals surface area contributed by atoms with Crippen LogP contribution in [0.1, 0.15) is 43.2 Å². The molecule has 25 heavy (non-hydrogen) atoms. The van der Waals surface area contributed by atoms with Crippen LogP contribution in [0.4, 0.5) is 22.4 Å². The number of benzene rings is 1. The summed E-state index contributed by atoms with van der Waals surface area (Å²) in [7, 11) is 0. The van der Waals surface area contributed by atoms with Gasteiger partial charge in [-0.05, 0) is 56.8 Å². The fourth-order valence-electron chi connectivity index (χ4n) is 3.82. The Morgan fingerprint density at radius 2 is 2.04 bits per heavy atom. The molecule has 1 atom stereocenters. The molecule has 0 aromatic heterocycles. The van der Waals surface area contributed by atoms with Crippen molar-refractivity contribution in [3.63, 3.8) is 0 Å². The average Bonchev–Trinajstić information content (AvgIpc) is 2.98. The van der Waals surface area contributed by atoms with Gasteiger partial charge in [0.15, 0.2) is 0 Å². The largest absolute Gasteiger partial charge is 0.465 e.